The molecular weight excluding hydrogens is 234 g/mol. The van der Waals surface area contributed by atoms with Crippen LogP contribution in [0.5, 0.6) is 0 Å². The molecule has 2 heteroatoms. The highest BCUT2D eigenvalue weighted by Gasteiger charge is 2.23. The zero-order chi connectivity index (χ0) is 13.5. The quantitative estimate of drug-likeness (QED) is 0.577. The monoisotopic (exact) mass is 265 g/mol. The van der Waals surface area contributed by atoms with Gasteiger partial charge in [0.15, 0.2) is 0 Å². The summed E-state index contributed by atoms with van der Waals surface area (Å²) in [4.78, 5) is 0. The van der Waals surface area contributed by atoms with Crippen LogP contribution >= 0.6 is 0 Å². The molecule has 2 nitrogen and oxygen atoms in total. The summed E-state index contributed by atoms with van der Waals surface area (Å²) in [6.07, 6.45) is 14.0. The molecule has 2 atom stereocenters. The van der Waals surface area contributed by atoms with Crippen molar-refractivity contribution in [3.05, 3.63) is 11.6 Å². The van der Waals surface area contributed by atoms with Crippen LogP contribution in [0.15, 0.2) is 11.6 Å². The zero-order valence-corrected chi connectivity index (χ0v) is 12.8. The van der Waals surface area contributed by atoms with Gasteiger partial charge in [0.25, 0.3) is 0 Å². The SMILES string of the molecule is CCCNC/C(=C/C1CCC(C)O1)C1CCCCC1. The summed E-state index contributed by atoms with van der Waals surface area (Å²) in [6.45, 7) is 6.64. The molecule has 0 radical (unpaired) electrons. The Morgan fingerprint density at radius 2 is 1.95 bits per heavy atom. The highest BCUT2D eigenvalue weighted by molar-refractivity contribution is 5.13. The van der Waals surface area contributed by atoms with Crippen molar-refractivity contribution in [1.29, 1.82) is 0 Å². The van der Waals surface area contributed by atoms with Gasteiger partial charge in [0, 0.05) is 6.54 Å². The lowest BCUT2D eigenvalue weighted by Gasteiger charge is -2.26. The van der Waals surface area contributed by atoms with E-state index in [1.165, 1.54) is 51.4 Å². The Balaban J connectivity index is 1.93. The number of nitrogens with one attached hydrogen (secondary N) is 1. The predicted octanol–water partition coefficient (Wildman–Crippen LogP) is 4.06. The van der Waals surface area contributed by atoms with Gasteiger partial charge < -0.3 is 10.1 Å². The fraction of sp³-hybridized carbons (Fsp3) is 0.882. The van der Waals surface area contributed by atoms with E-state index in [0.29, 0.717) is 12.2 Å². The van der Waals surface area contributed by atoms with Crippen molar-refractivity contribution in [3.8, 4) is 0 Å². The van der Waals surface area contributed by atoms with Crippen molar-refractivity contribution in [2.75, 3.05) is 13.1 Å². The highest BCUT2D eigenvalue weighted by atomic mass is 16.5. The van der Waals surface area contributed by atoms with Gasteiger partial charge in [0.2, 0.25) is 0 Å². The Morgan fingerprint density at radius 3 is 2.58 bits per heavy atom. The van der Waals surface area contributed by atoms with Gasteiger partial charge in [-0.1, -0.05) is 37.8 Å². The number of ether oxygens (including phenoxy) is 1. The Kier molecular flexibility index (Phi) is 6.39. The van der Waals surface area contributed by atoms with Crippen molar-refractivity contribution in [3.63, 3.8) is 0 Å². The van der Waals surface area contributed by atoms with Crippen molar-refractivity contribution in [2.45, 2.75) is 77.4 Å². The zero-order valence-electron chi connectivity index (χ0n) is 12.8. The summed E-state index contributed by atoms with van der Waals surface area (Å²) in [5, 5.41) is 3.59. The lowest BCUT2D eigenvalue weighted by molar-refractivity contribution is 0.0823. The second-order valence-corrected chi connectivity index (χ2v) is 6.32. The lowest BCUT2D eigenvalue weighted by atomic mass is 9.83. The Labute approximate surface area is 119 Å². The summed E-state index contributed by atoms with van der Waals surface area (Å²) < 4.78 is 5.98. The molecule has 19 heavy (non-hydrogen) atoms. The van der Waals surface area contributed by atoms with Gasteiger partial charge in [-0.15, -0.1) is 0 Å². The largest absolute Gasteiger partial charge is 0.371 e. The number of hydrogen-bond donors (Lipinski definition) is 1. The van der Waals surface area contributed by atoms with E-state index in [9.17, 15) is 0 Å². The molecule has 2 rings (SSSR count). The summed E-state index contributed by atoms with van der Waals surface area (Å²) in [5.74, 6) is 0.817. The first-order valence-corrected chi connectivity index (χ1v) is 8.36. The van der Waals surface area contributed by atoms with E-state index in [1.807, 2.05) is 0 Å². The Bertz CT molecular complexity index is 281. The van der Waals surface area contributed by atoms with Crippen LogP contribution in [0.2, 0.25) is 0 Å². The molecule has 0 aromatic rings. The second kappa shape index (κ2) is 8.06. The third kappa shape index (κ3) is 4.92. The van der Waals surface area contributed by atoms with Crippen LogP contribution < -0.4 is 5.32 Å². The molecule has 2 unspecified atom stereocenters. The van der Waals surface area contributed by atoms with E-state index in [2.05, 4.69) is 25.2 Å². The van der Waals surface area contributed by atoms with Crippen molar-refractivity contribution in [1.82, 2.24) is 5.32 Å². The van der Waals surface area contributed by atoms with Crippen molar-refractivity contribution >= 4 is 0 Å². The lowest BCUT2D eigenvalue weighted by Crippen LogP contribution is -2.24. The fourth-order valence-corrected chi connectivity index (χ4v) is 3.42. The van der Waals surface area contributed by atoms with Crippen LogP contribution in [0.4, 0.5) is 0 Å². The maximum absolute atomic E-state index is 5.98. The third-order valence-corrected chi connectivity index (χ3v) is 4.55. The topological polar surface area (TPSA) is 21.3 Å². The Morgan fingerprint density at radius 1 is 1.16 bits per heavy atom. The minimum absolute atomic E-state index is 0.385. The molecule has 1 aliphatic heterocycles. The normalized spacial score (nSPS) is 29.9. The predicted molar refractivity (Wildman–Crippen MR) is 81.4 cm³/mol. The standard InChI is InChI=1S/C17H31NO/c1-3-11-18-13-16(15-7-5-4-6-8-15)12-17-10-9-14(2)19-17/h12,14-15,17-18H,3-11,13H2,1-2H3/b16-12-. The minimum atomic E-state index is 0.385. The van der Waals surface area contributed by atoms with Gasteiger partial charge in [-0.3, -0.25) is 0 Å². The molecule has 1 saturated heterocycles. The third-order valence-electron chi connectivity index (χ3n) is 4.55. The van der Waals surface area contributed by atoms with E-state index in [-0.39, 0.29) is 0 Å². The molecule has 1 N–H and O–H groups in total. The van der Waals surface area contributed by atoms with E-state index >= 15 is 0 Å². The van der Waals surface area contributed by atoms with Crippen LogP contribution in [-0.2, 0) is 4.74 Å². The van der Waals surface area contributed by atoms with Gasteiger partial charge in [0.05, 0.1) is 12.2 Å². The highest BCUT2D eigenvalue weighted by Crippen LogP contribution is 2.31. The van der Waals surface area contributed by atoms with E-state index in [0.717, 1.165) is 19.0 Å². The molecule has 110 valence electrons. The van der Waals surface area contributed by atoms with Gasteiger partial charge in [-0.05, 0) is 51.5 Å². The summed E-state index contributed by atoms with van der Waals surface area (Å²) in [5.41, 5.74) is 1.63. The van der Waals surface area contributed by atoms with Crippen LogP contribution in [-0.4, -0.2) is 25.3 Å². The summed E-state index contributed by atoms with van der Waals surface area (Å²) in [6, 6.07) is 0. The smallest absolute Gasteiger partial charge is 0.0763 e. The molecule has 1 heterocycles. The Hall–Kier alpha value is -0.340. The average Bonchev–Trinajstić information content (AvgIpc) is 2.84. The van der Waals surface area contributed by atoms with Crippen molar-refractivity contribution in [2.24, 2.45) is 5.92 Å². The van der Waals surface area contributed by atoms with Crippen LogP contribution in [0, 0.1) is 5.92 Å². The summed E-state index contributed by atoms with van der Waals surface area (Å²) in [7, 11) is 0. The first kappa shape index (κ1) is 15.1. The van der Waals surface area contributed by atoms with E-state index in [1.54, 1.807) is 5.57 Å². The molecular formula is C17H31NO. The number of rotatable bonds is 6. The van der Waals surface area contributed by atoms with Gasteiger partial charge in [-0.25, -0.2) is 0 Å². The molecule has 0 bridgehead atoms. The van der Waals surface area contributed by atoms with Crippen LogP contribution in [0.3, 0.4) is 0 Å². The van der Waals surface area contributed by atoms with Crippen molar-refractivity contribution < 1.29 is 4.74 Å². The fourth-order valence-electron chi connectivity index (χ4n) is 3.42. The molecule has 1 saturated carbocycles. The maximum atomic E-state index is 5.98. The van der Waals surface area contributed by atoms with Crippen LogP contribution in [0.25, 0.3) is 0 Å². The molecule has 2 aliphatic rings. The molecule has 1 aliphatic carbocycles. The molecule has 2 fully saturated rings. The van der Waals surface area contributed by atoms with Gasteiger partial charge in [-0.2, -0.15) is 0 Å². The number of hydrogen-bond acceptors (Lipinski definition) is 2. The first-order chi connectivity index (χ1) is 9.29. The van der Waals surface area contributed by atoms with E-state index < -0.39 is 0 Å². The van der Waals surface area contributed by atoms with E-state index in [4.69, 9.17) is 4.74 Å². The first-order valence-electron chi connectivity index (χ1n) is 8.36. The summed E-state index contributed by atoms with van der Waals surface area (Å²) >= 11 is 0. The second-order valence-electron chi connectivity index (χ2n) is 6.32. The van der Waals surface area contributed by atoms with Gasteiger partial charge in [0.1, 0.15) is 0 Å². The molecule has 0 aromatic carbocycles. The average molecular weight is 265 g/mol. The minimum Gasteiger partial charge on any atom is -0.371 e. The van der Waals surface area contributed by atoms with Crippen LogP contribution in [0.1, 0.15) is 65.2 Å². The molecule has 0 amide bonds. The maximum Gasteiger partial charge on any atom is 0.0763 e. The van der Waals surface area contributed by atoms with Gasteiger partial charge >= 0.3 is 0 Å². The molecule has 0 spiro atoms. The molecule has 0 aromatic heterocycles.